The first-order valence-electron chi connectivity index (χ1n) is 7.80. The first kappa shape index (κ1) is 15.2. The third kappa shape index (κ3) is 7.48. The number of unbranched alkanes of at least 4 members (excludes halogenated alkanes) is 9. The summed E-state index contributed by atoms with van der Waals surface area (Å²) < 4.78 is 0. The van der Waals surface area contributed by atoms with E-state index in [0.717, 1.165) is 13.2 Å². The summed E-state index contributed by atoms with van der Waals surface area (Å²) in [5.74, 6) is 0. The zero-order chi connectivity index (χ0) is 13.1. The second-order valence-electron chi connectivity index (χ2n) is 5.51. The van der Waals surface area contributed by atoms with Crippen LogP contribution in [0.1, 0.15) is 71.1 Å². The summed E-state index contributed by atoms with van der Waals surface area (Å²) in [4.78, 5) is 4.28. The van der Waals surface area contributed by atoms with Gasteiger partial charge in [-0.05, 0) is 6.42 Å². The summed E-state index contributed by atoms with van der Waals surface area (Å²) in [7, 11) is 2.05. The average Bonchev–Trinajstić information content (AvgIpc) is 2.77. The normalized spacial score (nSPS) is 13.9. The molecule has 18 heavy (non-hydrogen) atoms. The fourth-order valence-corrected chi connectivity index (χ4v) is 2.40. The van der Waals surface area contributed by atoms with Crippen LogP contribution in [0, 0.1) is 12.1 Å². The maximum atomic E-state index is 3.15. The average molecular weight is 250 g/mol. The lowest BCUT2D eigenvalue weighted by Crippen LogP contribution is -2.24. The predicted molar refractivity (Wildman–Crippen MR) is 79.0 cm³/mol. The van der Waals surface area contributed by atoms with Crippen molar-refractivity contribution in [3.63, 3.8) is 0 Å². The highest BCUT2D eigenvalue weighted by Gasteiger charge is 2.06. The zero-order valence-electron chi connectivity index (χ0n) is 12.4. The van der Waals surface area contributed by atoms with Crippen molar-refractivity contribution in [3.05, 3.63) is 0 Å². The van der Waals surface area contributed by atoms with Crippen molar-refractivity contribution in [3.8, 4) is 12.1 Å². The topological polar surface area (TPSA) is 6.48 Å². The number of hydrogen-bond acceptors (Lipinski definition) is 2. The Bertz CT molecular complexity index is 252. The van der Waals surface area contributed by atoms with Gasteiger partial charge in [-0.2, -0.15) is 0 Å². The molecule has 0 aromatic heterocycles. The molecule has 0 radical (unpaired) electrons. The molecule has 1 aliphatic heterocycles. The second-order valence-corrected chi connectivity index (χ2v) is 5.51. The standard InChI is InChI=1S/C16H30N2/c1-3-4-5-6-7-8-9-10-11-12-13-18-15-14-17(2)16-18/h3-13,16H2,1-2H3. The molecule has 0 atom stereocenters. The van der Waals surface area contributed by atoms with E-state index in [1.165, 1.54) is 64.2 Å². The molecule has 0 bridgehead atoms. The molecule has 0 saturated carbocycles. The van der Waals surface area contributed by atoms with Crippen molar-refractivity contribution in [1.29, 1.82) is 0 Å². The Labute approximate surface area is 114 Å². The van der Waals surface area contributed by atoms with Crippen molar-refractivity contribution >= 4 is 0 Å². The Balaban J connectivity index is 1.75. The summed E-state index contributed by atoms with van der Waals surface area (Å²) in [6.07, 6.45) is 14.1. The lowest BCUT2D eigenvalue weighted by molar-refractivity contribution is 0.299. The van der Waals surface area contributed by atoms with E-state index in [4.69, 9.17) is 0 Å². The molecule has 0 aromatic carbocycles. The molecule has 0 N–H and O–H groups in total. The van der Waals surface area contributed by atoms with Gasteiger partial charge >= 0.3 is 0 Å². The highest BCUT2D eigenvalue weighted by Crippen LogP contribution is 2.11. The third-order valence-electron chi connectivity index (χ3n) is 3.56. The van der Waals surface area contributed by atoms with Crippen LogP contribution in [-0.4, -0.2) is 30.1 Å². The third-order valence-corrected chi connectivity index (χ3v) is 3.56. The first-order valence-corrected chi connectivity index (χ1v) is 7.80. The van der Waals surface area contributed by atoms with E-state index < -0.39 is 0 Å². The van der Waals surface area contributed by atoms with E-state index in [0.29, 0.717) is 0 Å². The molecule has 0 aliphatic carbocycles. The Hall–Kier alpha value is -0.840. The van der Waals surface area contributed by atoms with Crippen LogP contribution >= 0.6 is 0 Å². The minimum absolute atomic E-state index is 0.970. The van der Waals surface area contributed by atoms with Gasteiger partial charge in [-0.25, -0.2) is 0 Å². The summed E-state index contributed by atoms with van der Waals surface area (Å²) >= 11 is 0. The van der Waals surface area contributed by atoms with Crippen LogP contribution in [0.2, 0.25) is 0 Å². The van der Waals surface area contributed by atoms with Crippen molar-refractivity contribution in [2.75, 3.05) is 20.3 Å². The molecule has 1 heterocycles. The van der Waals surface area contributed by atoms with Crippen LogP contribution < -0.4 is 0 Å². The maximum absolute atomic E-state index is 3.15. The Kier molecular flexibility index (Phi) is 8.55. The lowest BCUT2D eigenvalue weighted by Gasteiger charge is -2.15. The van der Waals surface area contributed by atoms with E-state index >= 15 is 0 Å². The maximum Gasteiger partial charge on any atom is 0.105 e. The predicted octanol–water partition coefficient (Wildman–Crippen LogP) is 4.03. The largest absolute Gasteiger partial charge is 0.315 e. The SMILES string of the molecule is CCCCCCCCCCCCN1C#CN(C)C1. The fraction of sp³-hybridized carbons (Fsp3) is 0.875. The van der Waals surface area contributed by atoms with Crippen LogP contribution in [-0.2, 0) is 0 Å². The highest BCUT2D eigenvalue weighted by molar-refractivity contribution is 5.03. The molecule has 0 fully saturated rings. The second kappa shape index (κ2) is 10.1. The van der Waals surface area contributed by atoms with Gasteiger partial charge in [-0.3, -0.25) is 0 Å². The molecule has 1 rings (SSSR count). The molecule has 2 nitrogen and oxygen atoms in total. The zero-order valence-corrected chi connectivity index (χ0v) is 12.4. The van der Waals surface area contributed by atoms with Crippen LogP contribution in [0.4, 0.5) is 0 Å². The summed E-state index contributed by atoms with van der Waals surface area (Å²) in [6.45, 7) is 4.40. The highest BCUT2D eigenvalue weighted by atomic mass is 15.3. The molecule has 0 spiro atoms. The van der Waals surface area contributed by atoms with Crippen molar-refractivity contribution in [2.45, 2.75) is 71.1 Å². The number of nitrogens with zero attached hydrogens (tertiary/aromatic N) is 2. The van der Waals surface area contributed by atoms with Gasteiger partial charge in [-0.15, -0.1) is 0 Å². The van der Waals surface area contributed by atoms with Crippen LogP contribution in [0.25, 0.3) is 0 Å². The van der Waals surface area contributed by atoms with Gasteiger partial charge in [-0.1, -0.05) is 64.7 Å². The smallest absolute Gasteiger partial charge is 0.105 e. The van der Waals surface area contributed by atoms with Crippen LogP contribution in [0.5, 0.6) is 0 Å². The van der Waals surface area contributed by atoms with E-state index in [-0.39, 0.29) is 0 Å². The van der Waals surface area contributed by atoms with Crippen molar-refractivity contribution in [2.24, 2.45) is 0 Å². The molecule has 0 saturated heterocycles. The Morgan fingerprint density at radius 1 is 0.778 bits per heavy atom. The molecular weight excluding hydrogens is 220 g/mol. The van der Waals surface area contributed by atoms with Gasteiger partial charge in [0, 0.05) is 25.7 Å². The molecule has 0 unspecified atom stereocenters. The van der Waals surface area contributed by atoms with Gasteiger partial charge in [0.1, 0.15) is 6.67 Å². The van der Waals surface area contributed by atoms with E-state index in [9.17, 15) is 0 Å². The lowest BCUT2D eigenvalue weighted by atomic mass is 10.1. The van der Waals surface area contributed by atoms with Crippen molar-refractivity contribution < 1.29 is 0 Å². The van der Waals surface area contributed by atoms with Gasteiger partial charge in [0.15, 0.2) is 0 Å². The molecular formula is C16H30N2. The summed E-state index contributed by atoms with van der Waals surface area (Å²) in [5.41, 5.74) is 0. The summed E-state index contributed by atoms with van der Waals surface area (Å²) in [5, 5.41) is 0. The molecule has 1 aliphatic rings. The molecule has 104 valence electrons. The van der Waals surface area contributed by atoms with Gasteiger partial charge in [0.05, 0.1) is 0 Å². The monoisotopic (exact) mass is 250 g/mol. The van der Waals surface area contributed by atoms with Gasteiger partial charge in [0.25, 0.3) is 0 Å². The van der Waals surface area contributed by atoms with E-state index in [1.54, 1.807) is 0 Å². The van der Waals surface area contributed by atoms with Crippen molar-refractivity contribution in [1.82, 2.24) is 9.80 Å². The Morgan fingerprint density at radius 2 is 1.33 bits per heavy atom. The van der Waals surface area contributed by atoms with Gasteiger partial charge in [0.2, 0.25) is 0 Å². The van der Waals surface area contributed by atoms with Gasteiger partial charge < -0.3 is 9.80 Å². The van der Waals surface area contributed by atoms with E-state index in [2.05, 4.69) is 28.8 Å². The Morgan fingerprint density at radius 3 is 1.83 bits per heavy atom. The minimum Gasteiger partial charge on any atom is -0.315 e. The van der Waals surface area contributed by atoms with E-state index in [1.807, 2.05) is 7.05 Å². The van der Waals surface area contributed by atoms with Crippen LogP contribution in [0.3, 0.4) is 0 Å². The quantitative estimate of drug-likeness (QED) is 0.403. The first-order chi connectivity index (χ1) is 8.83. The molecule has 2 heteroatoms. The number of rotatable bonds is 11. The fourth-order valence-electron chi connectivity index (χ4n) is 2.40. The minimum atomic E-state index is 0.970. The molecule has 0 aromatic rings. The number of hydrogen-bond donors (Lipinski definition) is 0. The molecule has 0 amide bonds. The van der Waals surface area contributed by atoms with Crippen LogP contribution in [0.15, 0.2) is 0 Å². The summed E-state index contributed by atoms with van der Waals surface area (Å²) in [6, 6.07) is 6.21.